The molecule has 0 radical (unpaired) electrons. The molecule has 156 valence electrons. The molecule has 1 fully saturated rings. The van der Waals surface area contributed by atoms with Crippen LogP contribution in [0.15, 0.2) is 58.2 Å². The van der Waals surface area contributed by atoms with Crippen LogP contribution in [-0.4, -0.2) is 27.1 Å². The topological polar surface area (TPSA) is 80.1 Å². The largest absolute Gasteiger partial charge is 0.411 e. The highest BCUT2D eigenvalue weighted by molar-refractivity contribution is 8.01. The van der Waals surface area contributed by atoms with Crippen LogP contribution in [0.1, 0.15) is 25.7 Å². The normalized spacial score (nSPS) is 14.0. The maximum Gasteiger partial charge on any atom is 0.277 e. The molecule has 0 saturated heterocycles. The average Bonchev–Trinajstić information content (AvgIpc) is 3.45. The van der Waals surface area contributed by atoms with Crippen LogP contribution in [0.4, 0.5) is 11.4 Å². The number of rotatable bonds is 8. The summed E-state index contributed by atoms with van der Waals surface area (Å²) >= 11 is 8.85. The second kappa shape index (κ2) is 10.2. The molecule has 30 heavy (non-hydrogen) atoms. The van der Waals surface area contributed by atoms with E-state index in [-0.39, 0.29) is 11.7 Å². The number of aromatic nitrogens is 2. The van der Waals surface area contributed by atoms with Crippen molar-refractivity contribution in [3.05, 3.63) is 53.6 Å². The van der Waals surface area contributed by atoms with E-state index in [1.54, 1.807) is 36.2 Å². The third-order valence-electron chi connectivity index (χ3n) is 4.64. The van der Waals surface area contributed by atoms with Gasteiger partial charge in [0.1, 0.15) is 0 Å². The first kappa shape index (κ1) is 21.1. The van der Waals surface area contributed by atoms with Gasteiger partial charge in [-0.2, -0.15) is 0 Å². The van der Waals surface area contributed by atoms with Crippen LogP contribution in [-0.2, 0) is 4.79 Å². The molecule has 1 heterocycles. The van der Waals surface area contributed by atoms with Crippen molar-refractivity contribution in [3.8, 4) is 11.5 Å². The van der Waals surface area contributed by atoms with E-state index in [0.29, 0.717) is 27.1 Å². The lowest BCUT2D eigenvalue weighted by Gasteiger charge is -2.10. The SMILES string of the molecule is O=C(CSc1nnc(-c2ccc(NSC3CCCC3)cc2)o1)Nc1ccc(Cl)cc1. The fourth-order valence-corrected chi connectivity index (χ4v) is 4.78. The van der Waals surface area contributed by atoms with Gasteiger partial charge in [0.05, 0.1) is 5.75 Å². The van der Waals surface area contributed by atoms with Crippen molar-refractivity contribution in [2.45, 2.75) is 36.2 Å². The molecule has 0 spiro atoms. The van der Waals surface area contributed by atoms with Crippen molar-refractivity contribution in [3.63, 3.8) is 0 Å². The van der Waals surface area contributed by atoms with Gasteiger partial charge >= 0.3 is 0 Å². The van der Waals surface area contributed by atoms with Crippen molar-refractivity contribution in [2.24, 2.45) is 0 Å². The molecular formula is C21H21ClN4O2S2. The van der Waals surface area contributed by atoms with Crippen LogP contribution in [0.3, 0.4) is 0 Å². The maximum atomic E-state index is 12.1. The summed E-state index contributed by atoms with van der Waals surface area (Å²) in [5, 5.41) is 12.6. The monoisotopic (exact) mass is 460 g/mol. The number of hydrogen-bond acceptors (Lipinski definition) is 7. The van der Waals surface area contributed by atoms with E-state index in [0.717, 1.165) is 11.3 Å². The smallest absolute Gasteiger partial charge is 0.277 e. The molecule has 0 aliphatic heterocycles. The highest BCUT2D eigenvalue weighted by Crippen LogP contribution is 2.31. The van der Waals surface area contributed by atoms with Gasteiger partial charge in [0.2, 0.25) is 11.8 Å². The Balaban J connectivity index is 1.26. The lowest BCUT2D eigenvalue weighted by molar-refractivity contribution is -0.113. The standard InChI is InChI=1S/C21H21ClN4O2S2/c22-15-7-11-16(12-8-15)23-19(27)13-29-21-25-24-20(28-21)14-5-9-17(10-6-14)26-30-18-3-1-2-4-18/h5-12,18,26H,1-4,13H2,(H,23,27). The van der Waals surface area contributed by atoms with Crippen molar-refractivity contribution >= 4 is 52.6 Å². The van der Waals surface area contributed by atoms with Crippen LogP contribution in [0.5, 0.6) is 0 Å². The molecular weight excluding hydrogens is 440 g/mol. The zero-order valence-corrected chi connectivity index (χ0v) is 18.5. The van der Waals surface area contributed by atoms with Gasteiger partial charge in [0.15, 0.2) is 0 Å². The van der Waals surface area contributed by atoms with Gasteiger partial charge < -0.3 is 14.5 Å². The zero-order valence-electron chi connectivity index (χ0n) is 16.1. The summed E-state index contributed by atoms with van der Waals surface area (Å²) in [5.74, 6) is 0.453. The molecule has 2 aromatic carbocycles. The number of nitrogens with zero attached hydrogens (tertiary/aromatic N) is 2. The van der Waals surface area contributed by atoms with Crippen molar-refractivity contribution in [1.82, 2.24) is 10.2 Å². The molecule has 3 aromatic rings. The number of nitrogens with one attached hydrogen (secondary N) is 2. The van der Waals surface area contributed by atoms with Crippen LogP contribution in [0.25, 0.3) is 11.5 Å². The molecule has 1 amide bonds. The van der Waals surface area contributed by atoms with E-state index in [9.17, 15) is 4.79 Å². The number of amides is 1. The van der Waals surface area contributed by atoms with Crippen LogP contribution < -0.4 is 10.0 Å². The van der Waals surface area contributed by atoms with Crippen molar-refractivity contribution < 1.29 is 9.21 Å². The van der Waals surface area contributed by atoms with E-state index in [1.165, 1.54) is 37.4 Å². The van der Waals surface area contributed by atoms with Crippen LogP contribution >= 0.6 is 35.3 Å². The summed E-state index contributed by atoms with van der Waals surface area (Å²) in [7, 11) is 0. The Morgan fingerprint density at radius 1 is 1.03 bits per heavy atom. The van der Waals surface area contributed by atoms with Gasteiger partial charge in [0.25, 0.3) is 5.22 Å². The van der Waals surface area contributed by atoms with E-state index in [1.807, 2.05) is 24.3 Å². The molecule has 1 aliphatic rings. The Hall–Kier alpha value is -2.16. The summed E-state index contributed by atoms with van der Waals surface area (Å²) in [5.41, 5.74) is 2.59. The quantitative estimate of drug-likeness (QED) is 0.309. The van der Waals surface area contributed by atoms with Gasteiger partial charge in [-0.15, -0.1) is 10.2 Å². The van der Waals surface area contributed by atoms with Crippen molar-refractivity contribution in [1.29, 1.82) is 0 Å². The van der Waals surface area contributed by atoms with Crippen LogP contribution in [0.2, 0.25) is 5.02 Å². The predicted octanol–water partition coefficient (Wildman–Crippen LogP) is 6.12. The molecule has 2 N–H and O–H groups in total. The number of hydrogen-bond donors (Lipinski definition) is 2. The van der Waals surface area contributed by atoms with E-state index in [4.69, 9.17) is 16.0 Å². The lowest BCUT2D eigenvalue weighted by Crippen LogP contribution is -2.13. The molecule has 0 atom stereocenters. The van der Waals surface area contributed by atoms with Gasteiger partial charge in [-0.1, -0.05) is 36.2 Å². The Labute approximate surface area is 188 Å². The number of thioether (sulfide) groups is 1. The minimum Gasteiger partial charge on any atom is -0.411 e. The molecule has 9 heteroatoms. The maximum absolute atomic E-state index is 12.1. The van der Waals surface area contributed by atoms with Gasteiger partial charge in [-0.25, -0.2) is 0 Å². The first-order valence-corrected chi connectivity index (χ1v) is 11.9. The zero-order chi connectivity index (χ0) is 20.8. The first-order chi connectivity index (χ1) is 14.7. The molecule has 1 aromatic heterocycles. The Kier molecular flexibility index (Phi) is 7.20. The number of carbonyl (C=O) groups is 1. The minimum atomic E-state index is -0.155. The highest BCUT2D eigenvalue weighted by atomic mass is 35.5. The number of carbonyl (C=O) groups excluding carboxylic acids is 1. The molecule has 1 aliphatic carbocycles. The summed E-state index contributed by atoms with van der Waals surface area (Å²) in [4.78, 5) is 12.1. The Bertz CT molecular complexity index is 973. The fourth-order valence-electron chi connectivity index (χ4n) is 3.08. The van der Waals surface area contributed by atoms with Gasteiger partial charge in [-0.3, -0.25) is 4.79 Å². The molecule has 1 saturated carbocycles. The molecule has 4 rings (SSSR count). The summed E-state index contributed by atoms with van der Waals surface area (Å²) in [6.07, 6.45) is 5.24. The number of halogens is 1. The lowest BCUT2D eigenvalue weighted by atomic mass is 10.2. The highest BCUT2D eigenvalue weighted by Gasteiger charge is 2.16. The predicted molar refractivity (Wildman–Crippen MR) is 124 cm³/mol. The number of anilines is 2. The third kappa shape index (κ3) is 5.93. The molecule has 0 unspecified atom stereocenters. The Morgan fingerprint density at radius 2 is 1.73 bits per heavy atom. The third-order valence-corrected chi connectivity index (χ3v) is 6.87. The molecule has 0 bridgehead atoms. The minimum absolute atomic E-state index is 0.155. The fraction of sp³-hybridized carbons (Fsp3) is 0.286. The summed E-state index contributed by atoms with van der Waals surface area (Å²) < 4.78 is 9.11. The van der Waals surface area contributed by atoms with Crippen LogP contribution in [0, 0.1) is 0 Å². The van der Waals surface area contributed by atoms with E-state index < -0.39 is 0 Å². The second-order valence-electron chi connectivity index (χ2n) is 6.92. The van der Waals surface area contributed by atoms with Gasteiger partial charge in [0, 0.05) is 27.2 Å². The summed E-state index contributed by atoms with van der Waals surface area (Å²) in [6.45, 7) is 0. The van der Waals surface area contributed by atoms with E-state index >= 15 is 0 Å². The second-order valence-corrected chi connectivity index (χ2v) is 9.39. The Morgan fingerprint density at radius 3 is 2.47 bits per heavy atom. The first-order valence-electron chi connectivity index (χ1n) is 9.69. The molecule has 6 nitrogen and oxygen atoms in total. The van der Waals surface area contributed by atoms with Gasteiger partial charge in [-0.05, 0) is 73.3 Å². The average molecular weight is 461 g/mol. The van der Waals surface area contributed by atoms with E-state index in [2.05, 4.69) is 20.2 Å². The van der Waals surface area contributed by atoms with Crippen molar-refractivity contribution in [2.75, 3.05) is 15.8 Å². The summed E-state index contributed by atoms with van der Waals surface area (Å²) in [6, 6.07) is 14.9. The number of benzene rings is 2.